The van der Waals surface area contributed by atoms with Gasteiger partial charge < -0.3 is 26.6 Å². The minimum atomic E-state index is -1.19. The van der Waals surface area contributed by atoms with E-state index in [2.05, 4.69) is 4.99 Å². The van der Waals surface area contributed by atoms with E-state index in [1.54, 1.807) is 0 Å². The number of rotatable bonds is 8. The molecule has 2 aliphatic heterocycles. The fourth-order valence-electron chi connectivity index (χ4n) is 3.39. The molecule has 0 saturated carbocycles. The van der Waals surface area contributed by atoms with Crippen molar-refractivity contribution < 1.29 is 19.8 Å². The van der Waals surface area contributed by atoms with E-state index in [4.69, 9.17) is 16.7 Å². The summed E-state index contributed by atoms with van der Waals surface area (Å²) in [4.78, 5) is 29.8. The van der Waals surface area contributed by atoms with Crippen molar-refractivity contribution in [3.63, 3.8) is 0 Å². The SMILES string of the molecule is C[C@@H](O)[C@H]1C(=O)N2C(C(=O)O)=C(SCCC#N)[C@H](CCN=C(N)N)C12. The minimum absolute atomic E-state index is 0.0514. The van der Waals surface area contributed by atoms with E-state index in [9.17, 15) is 19.8 Å². The summed E-state index contributed by atoms with van der Waals surface area (Å²) < 4.78 is 0. The third kappa shape index (κ3) is 3.57. The predicted molar refractivity (Wildman–Crippen MR) is 91.9 cm³/mol. The highest BCUT2D eigenvalue weighted by atomic mass is 32.2. The van der Waals surface area contributed by atoms with Crippen molar-refractivity contribution >= 4 is 29.6 Å². The largest absolute Gasteiger partial charge is 0.477 e. The normalized spacial score (nSPS) is 25.9. The summed E-state index contributed by atoms with van der Waals surface area (Å²) >= 11 is 1.27. The van der Waals surface area contributed by atoms with E-state index in [1.165, 1.54) is 23.6 Å². The molecule has 2 heterocycles. The fraction of sp³-hybridized carbons (Fsp3) is 0.600. The number of aliphatic imine (C=N–C) groups is 1. The van der Waals surface area contributed by atoms with Gasteiger partial charge in [0.05, 0.1) is 24.1 Å². The summed E-state index contributed by atoms with van der Waals surface area (Å²) in [5.41, 5.74) is 10.6. The van der Waals surface area contributed by atoms with Crippen molar-refractivity contribution in [1.82, 2.24) is 4.90 Å². The number of hydrogen-bond acceptors (Lipinski definition) is 6. The number of carbonyl (C=O) groups excluding carboxylic acids is 1. The number of β-lactam (4-membered cyclic amide) rings is 1. The number of aliphatic carboxylic acids is 1. The standard InChI is InChI=1S/C15H21N5O4S/c1-7(21)9-10-8(3-5-19-15(17)18)12(25-6-2-4-16)11(14(23)24)20(10)13(9)22/h7-10,21H,2-3,5-6H2,1H3,(H,23,24)(H4,17,18,19)/t7-,8-,9-,10?/m1/s1. The number of carboxylic acids is 1. The summed E-state index contributed by atoms with van der Waals surface area (Å²) in [5.74, 6) is -2.14. The van der Waals surface area contributed by atoms with Gasteiger partial charge in [0, 0.05) is 29.5 Å². The highest BCUT2D eigenvalue weighted by molar-refractivity contribution is 8.03. The van der Waals surface area contributed by atoms with Gasteiger partial charge in [0.25, 0.3) is 0 Å². The lowest BCUT2D eigenvalue weighted by Crippen LogP contribution is -2.64. The highest BCUT2D eigenvalue weighted by Crippen LogP contribution is 2.51. The second-order valence-corrected chi connectivity index (χ2v) is 7.08. The second kappa shape index (κ2) is 7.76. The van der Waals surface area contributed by atoms with Crippen molar-refractivity contribution in [2.45, 2.75) is 31.9 Å². The molecule has 0 bridgehead atoms. The number of guanidine groups is 1. The molecule has 6 N–H and O–H groups in total. The molecule has 1 amide bonds. The molecule has 136 valence electrons. The maximum Gasteiger partial charge on any atom is 0.353 e. The van der Waals surface area contributed by atoms with Gasteiger partial charge in [-0.1, -0.05) is 0 Å². The van der Waals surface area contributed by atoms with Crippen molar-refractivity contribution in [3.05, 3.63) is 10.6 Å². The lowest BCUT2D eigenvalue weighted by atomic mass is 9.77. The molecule has 0 aromatic carbocycles. The van der Waals surface area contributed by atoms with Crippen molar-refractivity contribution in [1.29, 1.82) is 5.26 Å². The monoisotopic (exact) mass is 367 g/mol. The van der Waals surface area contributed by atoms with Gasteiger partial charge in [0.2, 0.25) is 5.91 Å². The van der Waals surface area contributed by atoms with Gasteiger partial charge in [-0.15, -0.1) is 11.8 Å². The molecule has 0 aromatic rings. The van der Waals surface area contributed by atoms with Crippen LogP contribution in [0.1, 0.15) is 19.8 Å². The summed E-state index contributed by atoms with van der Waals surface area (Å²) in [5, 5.41) is 28.2. The quantitative estimate of drug-likeness (QED) is 0.191. The van der Waals surface area contributed by atoms with E-state index in [0.717, 1.165) is 0 Å². The predicted octanol–water partition coefficient (Wildman–Crippen LogP) is -0.569. The Labute approximate surface area is 149 Å². The number of nitriles is 1. The first-order valence-electron chi connectivity index (χ1n) is 7.85. The molecule has 0 spiro atoms. The Bertz CT molecular complexity index is 665. The van der Waals surface area contributed by atoms with Crippen LogP contribution in [-0.4, -0.2) is 57.4 Å². The molecule has 0 aromatic heterocycles. The topological polar surface area (TPSA) is 166 Å². The number of carbonyl (C=O) groups is 2. The van der Waals surface area contributed by atoms with Crippen LogP contribution in [0.4, 0.5) is 0 Å². The Hall–Kier alpha value is -2.25. The zero-order valence-corrected chi connectivity index (χ0v) is 14.6. The van der Waals surface area contributed by atoms with Crippen LogP contribution in [0.3, 0.4) is 0 Å². The Kier molecular flexibility index (Phi) is 5.92. The van der Waals surface area contributed by atoms with Gasteiger partial charge in [-0.3, -0.25) is 9.79 Å². The zero-order chi connectivity index (χ0) is 18.7. The first-order valence-corrected chi connectivity index (χ1v) is 8.83. The number of amides is 1. The van der Waals surface area contributed by atoms with E-state index >= 15 is 0 Å². The number of thioether (sulfide) groups is 1. The van der Waals surface area contributed by atoms with Crippen LogP contribution in [0.5, 0.6) is 0 Å². The lowest BCUT2D eigenvalue weighted by Gasteiger charge is -2.47. The Morgan fingerprint density at radius 2 is 2.20 bits per heavy atom. The number of nitrogens with zero attached hydrogens (tertiary/aromatic N) is 3. The Balaban J connectivity index is 2.34. The van der Waals surface area contributed by atoms with Gasteiger partial charge in [0.1, 0.15) is 5.70 Å². The average molecular weight is 367 g/mol. The second-order valence-electron chi connectivity index (χ2n) is 5.94. The third-order valence-electron chi connectivity index (χ3n) is 4.34. The zero-order valence-electron chi connectivity index (χ0n) is 13.8. The molecular weight excluding hydrogens is 346 g/mol. The minimum Gasteiger partial charge on any atom is -0.477 e. The smallest absolute Gasteiger partial charge is 0.353 e. The van der Waals surface area contributed by atoms with Gasteiger partial charge in [-0.2, -0.15) is 5.26 Å². The molecule has 2 aliphatic rings. The van der Waals surface area contributed by atoms with Crippen LogP contribution in [0.15, 0.2) is 15.6 Å². The van der Waals surface area contributed by atoms with E-state index in [0.29, 0.717) is 17.1 Å². The number of nitrogens with two attached hydrogens (primary N) is 2. The van der Waals surface area contributed by atoms with Crippen LogP contribution >= 0.6 is 11.8 Å². The molecule has 1 unspecified atom stereocenters. The molecule has 10 heteroatoms. The van der Waals surface area contributed by atoms with Crippen LogP contribution in [-0.2, 0) is 9.59 Å². The molecule has 1 fully saturated rings. The molecule has 1 saturated heterocycles. The maximum atomic E-state index is 12.3. The Morgan fingerprint density at radius 1 is 1.52 bits per heavy atom. The molecule has 9 nitrogen and oxygen atoms in total. The van der Waals surface area contributed by atoms with Crippen molar-refractivity contribution in [2.24, 2.45) is 28.3 Å². The summed E-state index contributed by atoms with van der Waals surface area (Å²) in [6, 6.07) is 1.60. The first kappa shape index (κ1) is 19.1. The number of fused-ring (bicyclic) bond motifs is 1. The van der Waals surface area contributed by atoms with Crippen LogP contribution in [0.2, 0.25) is 0 Å². The van der Waals surface area contributed by atoms with Gasteiger partial charge in [-0.05, 0) is 13.3 Å². The molecule has 25 heavy (non-hydrogen) atoms. The molecule has 0 radical (unpaired) electrons. The molecule has 2 rings (SSSR count). The van der Waals surface area contributed by atoms with Gasteiger partial charge in [0.15, 0.2) is 5.96 Å². The van der Waals surface area contributed by atoms with Gasteiger partial charge in [-0.25, -0.2) is 4.79 Å². The number of aliphatic hydroxyl groups excluding tert-OH is 1. The fourth-order valence-corrected chi connectivity index (χ4v) is 4.59. The van der Waals surface area contributed by atoms with Crippen molar-refractivity contribution in [2.75, 3.05) is 12.3 Å². The molecular formula is C15H21N5O4S. The van der Waals surface area contributed by atoms with Crippen LogP contribution in [0.25, 0.3) is 0 Å². The maximum absolute atomic E-state index is 12.3. The van der Waals surface area contributed by atoms with Gasteiger partial charge >= 0.3 is 5.97 Å². The highest BCUT2D eigenvalue weighted by Gasteiger charge is 2.60. The van der Waals surface area contributed by atoms with E-state index < -0.39 is 24.0 Å². The van der Waals surface area contributed by atoms with Crippen LogP contribution < -0.4 is 11.5 Å². The van der Waals surface area contributed by atoms with E-state index in [1.807, 2.05) is 6.07 Å². The Morgan fingerprint density at radius 3 is 2.72 bits per heavy atom. The number of aliphatic hydroxyl groups is 1. The van der Waals surface area contributed by atoms with E-state index in [-0.39, 0.29) is 36.4 Å². The number of carboxylic acid groups (broad SMARTS) is 1. The lowest BCUT2D eigenvalue weighted by molar-refractivity contribution is -0.163. The summed E-state index contributed by atoms with van der Waals surface area (Å²) in [6.45, 7) is 1.81. The van der Waals surface area contributed by atoms with Crippen LogP contribution in [0, 0.1) is 23.2 Å². The summed E-state index contributed by atoms with van der Waals surface area (Å²) in [6.07, 6.45) is -0.167. The summed E-state index contributed by atoms with van der Waals surface area (Å²) in [7, 11) is 0. The third-order valence-corrected chi connectivity index (χ3v) is 5.56. The number of hydrogen-bond donors (Lipinski definition) is 4. The first-order chi connectivity index (χ1) is 11.8. The average Bonchev–Trinajstić information content (AvgIpc) is 2.77. The molecule has 0 aliphatic carbocycles. The molecule has 4 atom stereocenters. The van der Waals surface area contributed by atoms with Crippen molar-refractivity contribution in [3.8, 4) is 6.07 Å².